The SMILES string of the molecule is Cc1ccc(CNc2ccc(Br)c(Cl)c2)cc1C. The van der Waals surface area contributed by atoms with Crippen LogP contribution in [0, 0.1) is 13.8 Å². The van der Waals surface area contributed by atoms with Crippen LogP contribution in [-0.2, 0) is 6.54 Å². The Labute approximate surface area is 121 Å². The van der Waals surface area contributed by atoms with Gasteiger partial charge in [-0.2, -0.15) is 0 Å². The third kappa shape index (κ3) is 3.27. The molecule has 2 aromatic rings. The van der Waals surface area contributed by atoms with Crippen LogP contribution in [0.1, 0.15) is 16.7 Å². The lowest BCUT2D eigenvalue weighted by atomic mass is 10.1. The van der Waals surface area contributed by atoms with E-state index in [1.54, 1.807) is 0 Å². The molecule has 0 atom stereocenters. The van der Waals surface area contributed by atoms with Gasteiger partial charge < -0.3 is 5.32 Å². The summed E-state index contributed by atoms with van der Waals surface area (Å²) in [6, 6.07) is 12.4. The predicted molar refractivity (Wildman–Crippen MR) is 82.4 cm³/mol. The molecule has 0 radical (unpaired) electrons. The van der Waals surface area contributed by atoms with Crippen molar-refractivity contribution >= 4 is 33.2 Å². The molecular formula is C15H15BrClN. The van der Waals surface area contributed by atoms with Gasteiger partial charge in [-0.25, -0.2) is 0 Å². The Morgan fingerprint density at radius 2 is 1.83 bits per heavy atom. The number of nitrogens with one attached hydrogen (secondary N) is 1. The minimum absolute atomic E-state index is 0.722. The standard InChI is InChI=1S/C15H15BrClN/c1-10-3-4-12(7-11(10)2)9-18-13-5-6-14(16)15(17)8-13/h3-8,18H,9H2,1-2H3. The van der Waals surface area contributed by atoms with Gasteiger partial charge in [0.05, 0.1) is 5.02 Å². The largest absolute Gasteiger partial charge is 0.381 e. The Hall–Kier alpha value is -0.990. The highest BCUT2D eigenvalue weighted by Gasteiger charge is 2.00. The molecule has 18 heavy (non-hydrogen) atoms. The van der Waals surface area contributed by atoms with Crippen molar-refractivity contribution < 1.29 is 0 Å². The van der Waals surface area contributed by atoms with E-state index in [4.69, 9.17) is 11.6 Å². The van der Waals surface area contributed by atoms with Gasteiger partial charge in [-0.15, -0.1) is 0 Å². The van der Waals surface area contributed by atoms with Gasteiger partial charge >= 0.3 is 0 Å². The summed E-state index contributed by atoms with van der Waals surface area (Å²) in [5.74, 6) is 0. The molecule has 0 bridgehead atoms. The molecule has 0 saturated heterocycles. The number of aryl methyl sites for hydroxylation is 2. The molecule has 2 aromatic carbocycles. The molecule has 3 heteroatoms. The summed E-state index contributed by atoms with van der Waals surface area (Å²) in [7, 11) is 0. The number of halogens is 2. The van der Waals surface area contributed by atoms with E-state index in [1.807, 2.05) is 18.2 Å². The zero-order chi connectivity index (χ0) is 13.1. The Bertz CT molecular complexity index is 515. The third-order valence-corrected chi connectivity index (χ3v) is 4.22. The Morgan fingerprint density at radius 3 is 2.50 bits per heavy atom. The Balaban J connectivity index is 2.06. The number of hydrogen-bond acceptors (Lipinski definition) is 1. The first-order valence-electron chi connectivity index (χ1n) is 5.81. The molecule has 1 nitrogen and oxygen atoms in total. The minimum Gasteiger partial charge on any atom is -0.381 e. The molecule has 0 unspecified atom stereocenters. The highest BCUT2D eigenvalue weighted by molar-refractivity contribution is 9.10. The van der Waals surface area contributed by atoms with Gasteiger partial charge in [0, 0.05) is 16.7 Å². The van der Waals surface area contributed by atoms with Crippen molar-refractivity contribution in [3.05, 3.63) is 62.6 Å². The van der Waals surface area contributed by atoms with Crippen molar-refractivity contribution in [3.63, 3.8) is 0 Å². The zero-order valence-electron chi connectivity index (χ0n) is 10.4. The van der Waals surface area contributed by atoms with Crippen LogP contribution in [0.25, 0.3) is 0 Å². The van der Waals surface area contributed by atoms with Gasteiger partial charge in [0.1, 0.15) is 0 Å². The van der Waals surface area contributed by atoms with E-state index in [-0.39, 0.29) is 0 Å². The summed E-state index contributed by atoms with van der Waals surface area (Å²) in [6.07, 6.45) is 0. The van der Waals surface area contributed by atoms with Crippen molar-refractivity contribution in [1.29, 1.82) is 0 Å². The van der Waals surface area contributed by atoms with Gasteiger partial charge in [-0.1, -0.05) is 29.8 Å². The number of hydrogen-bond donors (Lipinski definition) is 1. The molecule has 0 heterocycles. The van der Waals surface area contributed by atoms with E-state index in [0.29, 0.717) is 0 Å². The van der Waals surface area contributed by atoms with E-state index in [9.17, 15) is 0 Å². The Kier molecular flexibility index (Phi) is 4.31. The predicted octanol–water partition coefficient (Wildman–Crippen LogP) is 5.33. The van der Waals surface area contributed by atoms with Crippen LogP contribution in [0.4, 0.5) is 5.69 Å². The lowest BCUT2D eigenvalue weighted by Gasteiger charge is -2.09. The van der Waals surface area contributed by atoms with Crippen LogP contribution in [0.15, 0.2) is 40.9 Å². The van der Waals surface area contributed by atoms with E-state index in [2.05, 4.69) is 53.3 Å². The molecular weight excluding hydrogens is 310 g/mol. The maximum Gasteiger partial charge on any atom is 0.0568 e. The van der Waals surface area contributed by atoms with Crippen molar-refractivity contribution in [3.8, 4) is 0 Å². The van der Waals surface area contributed by atoms with Crippen molar-refractivity contribution in [2.24, 2.45) is 0 Å². The van der Waals surface area contributed by atoms with Gasteiger partial charge in [-0.05, 0) is 64.7 Å². The maximum absolute atomic E-state index is 6.05. The van der Waals surface area contributed by atoms with Gasteiger partial charge in [0.25, 0.3) is 0 Å². The molecule has 2 rings (SSSR count). The summed E-state index contributed by atoms with van der Waals surface area (Å²) in [5.41, 5.74) is 4.95. The number of rotatable bonds is 3. The Morgan fingerprint density at radius 1 is 1.06 bits per heavy atom. The average Bonchev–Trinajstić information content (AvgIpc) is 2.35. The normalized spacial score (nSPS) is 10.4. The fourth-order valence-electron chi connectivity index (χ4n) is 1.72. The van der Waals surface area contributed by atoms with Gasteiger partial charge in [-0.3, -0.25) is 0 Å². The molecule has 0 saturated carbocycles. The molecule has 94 valence electrons. The molecule has 0 aromatic heterocycles. The average molecular weight is 325 g/mol. The fourth-order valence-corrected chi connectivity index (χ4v) is 2.15. The van der Waals surface area contributed by atoms with E-state index in [1.165, 1.54) is 16.7 Å². The van der Waals surface area contributed by atoms with Crippen LogP contribution in [0.5, 0.6) is 0 Å². The topological polar surface area (TPSA) is 12.0 Å². The van der Waals surface area contributed by atoms with Crippen molar-refractivity contribution in [2.75, 3.05) is 5.32 Å². The minimum atomic E-state index is 0.722. The third-order valence-electron chi connectivity index (χ3n) is 2.99. The summed E-state index contributed by atoms with van der Waals surface area (Å²) >= 11 is 9.44. The first-order chi connectivity index (χ1) is 8.56. The van der Waals surface area contributed by atoms with Crippen LogP contribution < -0.4 is 5.32 Å². The van der Waals surface area contributed by atoms with E-state index in [0.717, 1.165) is 21.7 Å². The summed E-state index contributed by atoms with van der Waals surface area (Å²) in [6.45, 7) is 5.06. The molecule has 0 amide bonds. The lowest BCUT2D eigenvalue weighted by molar-refractivity contribution is 1.13. The lowest BCUT2D eigenvalue weighted by Crippen LogP contribution is -2.00. The maximum atomic E-state index is 6.05. The van der Waals surface area contributed by atoms with Crippen LogP contribution in [0.3, 0.4) is 0 Å². The molecule has 0 spiro atoms. The van der Waals surface area contributed by atoms with Crippen LogP contribution >= 0.6 is 27.5 Å². The molecule has 0 aliphatic carbocycles. The first kappa shape index (κ1) is 13.4. The van der Waals surface area contributed by atoms with Gasteiger partial charge in [0.15, 0.2) is 0 Å². The zero-order valence-corrected chi connectivity index (χ0v) is 12.8. The quantitative estimate of drug-likeness (QED) is 0.804. The fraction of sp³-hybridized carbons (Fsp3) is 0.200. The highest BCUT2D eigenvalue weighted by Crippen LogP contribution is 2.25. The summed E-state index contributed by atoms with van der Waals surface area (Å²) < 4.78 is 0.917. The van der Waals surface area contributed by atoms with Gasteiger partial charge in [0.2, 0.25) is 0 Å². The second-order valence-corrected chi connectivity index (χ2v) is 5.66. The first-order valence-corrected chi connectivity index (χ1v) is 6.98. The second kappa shape index (κ2) is 5.77. The second-order valence-electron chi connectivity index (χ2n) is 4.40. The van der Waals surface area contributed by atoms with Crippen LogP contribution in [-0.4, -0.2) is 0 Å². The highest BCUT2D eigenvalue weighted by atomic mass is 79.9. The van der Waals surface area contributed by atoms with E-state index < -0.39 is 0 Å². The number of anilines is 1. The summed E-state index contributed by atoms with van der Waals surface area (Å²) in [5, 5.41) is 4.09. The monoisotopic (exact) mass is 323 g/mol. The molecule has 0 aliphatic heterocycles. The van der Waals surface area contributed by atoms with Crippen molar-refractivity contribution in [2.45, 2.75) is 20.4 Å². The number of benzene rings is 2. The van der Waals surface area contributed by atoms with Crippen LogP contribution in [0.2, 0.25) is 5.02 Å². The summed E-state index contributed by atoms with van der Waals surface area (Å²) in [4.78, 5) is 0. The van der Waals surface area contributed by atoms with E-state index >= 15 is 0 Å². The van der Waals surface area contributed by atoms with Crippen molar-refractivity contribution in [1.82, 2.24) is 0 Å². The molecule has 0 aliphatic rings. The molecule has 0 fully saturated rings. The smallest absolute Gasteiger partial charge is 0.0568 e. The molecule has 1 N–H and O–H groups in total.